The van der Waals surface area contributed by atoms with Crippen LogP contribution in [0.1, 0.15) is 42.4 Å². The third kappa shape index (κ3) is 4.65. The van der Waals surface area contributed by atoms with Crippen LogP contribution in [0, 0.1) is 0 Å². The van der Waals surface area contributed by atoms with Crippen LogP contribution in [-0.4, -0.2) is 29.4 Å². The van der Waals surface area contributed by atoms with E-state index in [2.05, 4.69) is 53.6 Å². The Kier molecular flexibility index (Phi) is 5.59. The molecule has 3 rings (SSSR count). The number of carbonyl (C=O) groups excluding carboxylic acids is 1. The minimum Gasteiger partial charge on any atom is -0.497 e. The Labute approximate surface area is 164 Å². The maximum absolute atomic E-state index is 12.2. The molecule has 0 aliphatic carbocycles. The first-order valence-corrected chi connectivity index (χ1v) is 9.00. The molecule has 2 N–H and O–H groups in total. The molecule has 0 atom stereocenters. The van der Waals surface area contributed by atoms with Crippen molar-refractivity contribution in [1.82, 2.24) is 15.6 Å². The molecule has 0 saturated heterocycles. The third-order valence-corrected chi connectivity index (χ3v) is 4.36. The van der Waals surface area contributed by atoms with E-state index >= 15 is 0 Å². The van der Waals surface area contributed by atoms with Crippen LogP contribution in [-0.2, 0) is 5.41 Å². The second kappa shape index (κ2) is 8.08. The lowest BCUT2D eigenvalue weighted by Crippen LogP contribution is -2.18. The number of nitrogens with one attached hydrogen (secondary N) is 2. The number of amides is 1. The zero-order chi connectivity index (χ0) is 20.1. The van der Waals surface area contributed by atoms with Gasteiger partial charge in [-0.1, -0.05) is 45.0 Å². The summed E-state index contributed by atoms with van der Waals surface area (Å²) in [4.78, 5) is 12.2. The summed E-state index contributed by atoms with van der Waals surface area (Å²) < 4.78 is 5.14. The fourth-order valence-electron chi connectivity index (χ4n) is 2.64. The number of rotatable bonds is 5. The zero-order valence-corrected chi connectivity index (χ0v) is 16.5. The Hall–Kier alpha value is -3.41. The van der Waals surface area contributed by atoms with Gasteiger partial charge in [-0.05, 0) is 46.9 Å². The number of H-pyrrole nitrogens is 1. The number of aromatic amines is 1. The van der Waals surface area contributed by atoms with E-state index in [1.807, 2.05) is 36.4 Å². The van der Waals surface area contributed by atoms with Crippen LogP contribution in [0.4, 0.5) is 0 Å². The summed E-state index contributed by atoms with van der Waals surface area (Å²) in [7, 11) is 1.62. The summed E-state index contributed by atoms with van der Waals surface area (Å²) in [5, 5.41) is 10.9. The first-order valence-electron chi connectivity index (χ1n) is 9.00. The highest BCUT2D eigenvalue weighted by atomic mass is 16.5. The molecule has 6 nitrogen and oxygen atoms in total. The van der Waals surface area contributed by atoms with Gasteiger partial charge in [0.1, 0.15) is 11.4 Å². The van der Waals surface area contributed by atoms with Crippen molar-refractivity contribution in [2.45, 2.75) is 26.2 Å². The van der Waals surface area contributed by atoms with Gasteiger partial charge in [0.2, 0.25) is 0 Å². The van der Waals surface area contributed by atoms with Gasteiger partial charge in [-0.3, -0.25) is 9.89 Å². The first-order chi connectivity index (χ1) is 13.4. The summed E-state index contributed by atoms with van der Waals surface area (Å²) in [6, 6.07) is 17.2. The highest BCUT2D eigenvalue weighted by molar-refractivity contribution is 5.94. The largest absolute Gasteiger partial charge is 0.497 e. The van der Waals surface area contributed by atoms with Crippen molar-refractivity contribution in [1.29, 1.82) is 0 Å². The molecule has 0 unspecified atom stereocenters. The van der Waals surface area contributed by atoms with E-state index in [1.165, 1.54) is 5.56 Å². The minimum absolute atomic E-state index is 0.103. The molecule has 0 saturated carbocycles. The van der Waals surface area contributed by atoms with E-state index in [0.29, 0.717) is 11.4 Å². The molecular formula is C22H24N4O2. The van der Waals surface area contributed by atoms with Gasteiger partial charge >= 0.3 is 0 Å². The molecule has 0 spiro atoms. The van der Waals surface area contributed by atoms with Crippen molar-refractivity contribution >= 4 is 12.1 Å². The van der Waals surface area contributed by atoms with Crippen LogP contribution in [0.3, 0.4) is 0 Å². The molecule has 0 aliphatic heterocycles. The lowest BCUT2D eigenvalue weighted by atomic mass is 9.87. The van der Waals surface area contributed by atoms with Crippen molar-refractivity contribution in [3.63, 3.8) is 0 Å². The van der Waals surface area contributed by atoms with Gasteiger partial charge in [-0.2, -0.15) is 10.2 Å². The molecule has 0 aliphatic rings. The Morgan fingerprint density at radius 2 is 1.79 bits per heavy atom. The molecule has 0 bridgehead atoms. The van der Waals surface area contributed by atoms with Crippen LogP contribution >= 0.6 is 0 Å². The van der Waals surface area contributed by atoms with Crippen LogP contribution in [0.15, 0.2) is 59.7 Å². The second-order valence-electron chi connectivity index (χ2n) is 7.47. The monoisotopic (exact) mass is 376 g/mol. The minimum atomic E-state index is -0.352. The molecule has 2 aromatic carbocycles. The van der Waals surface area contributed by atoms with Gasteiger partial charge in [0.15, 0.2) is 0 Å². The first kappa shape index (κ1) is 19.4. The van der Waals surface area contributed by atoms with E-state index in [-0.39, 0.29) is 11.3 Å². The quantitative estimate of drug-likeness (QED) is 0.519. The molecule has 0 fully saturated rings. The fraction of sp³-hybridized carbons (Fsp3) is 0.227. The van der Waals surface area contributed by atoms with Gasteiger partial charge in [-0.25, -0.2) is 5.43 Å². The molecule has 3 aromatic rings. The molecule has 1 aromatic heterocycles. The van der Waals surface area contributed by atoms with E-state index in [9.17, 15) is 4.79 Å². The van der Waals surface area contributed by atoms with Gasteiger partial charge < -0.3 is 4.74 Å². The van der Waals surface area contributed by atoms with Gasteiger partial charge in [0.05, 0.1) is 19.0 Å². The maximum atomic E-state index is 12.2. The van der Waals surface area contributed by atoms with Crippen molar-refractivity contribution in [2.75, 3.05) is 7.11 Å². The normalized spacial score (nSPS) is 11.6. The number of hydrazone groups is 1. The Morgan fingerprint density at radius 1 is 1.11 bits per heavy atom. The highest BCUT2D eigenvalue weighted by Gasteiger charge is 2.13. The Balaban J connectivity index is 1.62. The lowest BCUT2D eigenvalue weighted by molar-refractivity contribution is 0.0950. The third-order valence-electron chi connectivity index (χ3n) is 4.36. The van der Waals surface area contributed by atoms with Crippen LogP contribution in [0.2, 0.25) is 0 Å². The van der Waals surface area contributed by atoms with Crippen LogP contribution in [0.25, 0.3) is 11.3 Å². The highest BCUT2D eigenvalue weighted by Crippen LogP contribution is 2.22. The molecule has 1 amide bonds. The predicted octanol–water partition coefficient (Wildman–Crippen LogP) is 4.15. The zero-order valence-electron chi connectivity index (χ0n) is 16.5. The number of carbonyl (C=O) groups is 1. The SMILES string of the molecule is COc1ccc(-c2cc(C(=O)N/N=C/c3ccc(C(C)(C)C)cc3)[nH]n2)cc1. The lowest BCUT2D eigenvalue weighted by Gasteiger charge is -2.18. The number of hydrogen-bond donors (Lipinski definition) is 2. The van der Waals surface area contributed by atoms with E-state index < -0.39 is 0 Å². The summed E-state index contributed by atoms with van der Waals surface area (Å²) >= 11 is 0. The number of nitrogens with zero attached hydrogens (tertiary/aromatic N) is 2. The van der Waals surface area contributed by atoms with Crippen molar-refractivity contribution in [3.8, 4) is 17.0 Å². The van der Waals surface area contributed by atoms with Crippen molar-refractivity contribution < 1.29 is 9.53 Å². The number of methoxy groups -OCH3 is 1. The number of ether oxygens (including phenoxy) is 1. The van der Waals surface area contributed by atoms with Crippen LogP contribution < -0.4 is 10.2 Å². The van der Waals surface area contributed by atoms with E-state index in [0.717, 1.165) is 16.9 Å². The van der Waals surface area contributed by atoms with Crippen LogP contribution in [0.5, 0.6) is 5.75 Å². The summed E-state index contributed by atoms with van der Waals surface area (Å²) in [5.74, 6) is 0.414. The van der Waals surface area contributed by atoms with Gasteiger partial charge in [0, 0.05) is 5.56 Å². The number of hydrogen-bond acceptors (Lipinski definition) is 4. The second-order valence-corrected chi connectivity index (χ2v) is 7.47. The molecule has 0 radical (unpaired) electrons. The molecule has 144 valence electrons. The molecule has 1 heterocycles. The fourth-order valence-corrected chi connectivity index (χ4v) is 2.64. The average molecular weight is 376 g/mol. The average Bonchev–Trinajstić information content (AvgIpc) is 3.18. The van der Waals surface area contributed by atoms with Gasteiger partial charge in [0.25, 0.3) is 5.91 Å². The Bertz CT molecular complexity index is 965. The predicted molar refractivity (Wildman–Crippen MR) is 111 cm³/mol. The Morgan fingerprint density at radius 3 is 2.39 bits per heavy atom. The topological polar surface area (TPSA) is 79.4 Å². The smallest absolute Gasteiger partial charge is 0.289 e. The van der Waals surface area contributed by atoms with Crippen molar-refractivity contribution in [3.05, 3.63) is 71.4 Å². The van der Waals surface area contributed by atoms with Gasteiger partial charge in [-0.15, -0.1) is 0 Å². The van der Waals surface area contributed by atoms with Crippen molar-refractivity contribution in [2.24, 2.45) is 5.10 Å². The molecular weight excluding hydrogens is 352 g/mol. The molecule has 6 heteroatoms. The summed E-state index contributed by atoms with van der Waals surface area (Å²) in [6.07, 6.45) is 1.62. The number of aromatic nitrogens is 2. The maximum Gasteiger partial charge on any atom is 0.289 e. The summed E-state index contributed by atoms with van der Waals surface area (Å²) in [5.41, 5.74) is 6.68. The molecule has 28 heavy (non-hydrogen) atoms. The summed E-state index contributed by atoms with van der Waals surface area (Å²) in [6.45, 7) is 6.50. The van der Waals surface area contributed by atoms with E-state index in [4.69, 9.17) is 4.74 Å². The number of benzene rings is 2. The standard InChI is InChI=1S/C22H24N4O2/c1-22(2,3)17-9-5-15(6-10-17)14-23-26-21(27)20-13-19(24-25-20)16-7-11-18(28-4)12-8-16/h5-14H,1-4H3,(H,24,25)(H,26,27)/b23-14+. The van der Waals surface area contributed by atoms with E-state index in [1.54, 1.807) is 19.4 Å².